The maximum atomic E-state index is 12.7. The van der Waals surface area contributed by atoms with E-state index in [0.717, 1.165) is 16.8 Å². The molecule has 0 aliphatic carbocycles. The van der Waals surface area contributed by atoms with E-state index in [1.807, 2.05) is 43.3 Å². The number of amides is 3. The Balaban J connectivity index is 1.39. The molecular weight excluding hydrogens is 406 g/mol. The van der Waals surface area contributed by atoms with E-state index in [9.17, 15) is 14.4 Å². The van der Waals surface area contributed by atoms with Crippen molar-refractivity contribution in [2.75, 3.05) is 24.3 Å². The van der Waals surface area contributed by atoms with Gasteiger partial charge in [-0.05, 0) is 35.4 Å². The Kier molecular flexibility index (Phi) is 6.02. The number of hydrogen-bond donors (Lipinski definition) is 1. The molecule has 3 amide bonds. The van der Waals surface area contributed by atoms with Crippen LogP contribution in [0.2, 0.25) is 0 Å². The number of carbonyl (C=O) groups excluding carboxylic acids is 3. The second-order valence-corrected chi connectivity index (χ2v) is 7.96. The molecule has 1 aromatic heterocycles. The van der Waals surface area contributed by atoms with Crippen molar-refractivity contribution in [3.05, 3.63) is 77.5 Å². The molecule has 164 valence electrons. The summed E-state index contributed by atoms with van der Waals surface area (Å²) in [6.45, 7) is 0.770. The standard InChI is InChI=1S/C24H25N5O3/c1-27(2)20-9-5-18(6-10-20)16-29-21(13-14-25-29)26-24(32)19-7-3-17(4-8-19)15-28-22(30)11-12-23(28)31/h3-10,13-14H,11-12,15-16H2,1-2H3,(H,26,32). The number of imide groups is 1. The highest BCUT2D eigenvalue weighted by Crippen LogP contribution is 2.18. The van der Waals surface area contributed by atoms with Gasteiger partial charge in [0, 0.05) is 44.3 Å². The Hall–Kier alpha value is -3.94. The molecule has 2 aromatic carbocycles. The average Bonchev–Trinajstić information content (AvgIpc) is 3.35. The van der Waals surface area contributed by atoms with Crippen LogP contribution in [-0.2, 0) is 22.7 Å². The lowest BCUT2D eigenvalue weighted by atomic mass is 10.1. The highest BCUT2D eigenvalue weighted by atomic mass is 16.2. The Bertz CT molecular complexity index is 1120. The number of aromatic nitrogens is 2. The number of rotatable bonds is 7. The number of hydrogen-bond acceptors (Lipinski definition) is 5. The fourth-order valence-electron chi connectivity index (χ4n) is 3.57. The average molecular weight is 431 g/mol. The van der Waals surface area contributed by atoms with Gasteiger partial charge in [0.05, 0.1) is 19.3 Å². The van der Waals surface area contributed by atoms with Crippen LogP contribution in [0.15, 0.2) is 60.8 Å². The zero-order chi connectivity index (χ0) is 22.7. The quantitative estimate of drug-likeness (QED) is 0.581. The third kappa shape index (κ3) is 4.69. The molecular formula is C24H25N5O3. The van der Waals surface area contributed by atoms with Crippen LogP contribution in [0.1, 0.15) is 34.3 Å². The van der Waals surface area contributed by atoms with Crippen molar-refractivity contribution in [1.82, 2.24) is 14.7 Å². The van der Waals surface area contributed by atoms with Gasteiger partial charge in [-0.2, -0.15) is 5.10 Å². The molecule has 0 saturated carbocycles. The summed E-state index contributed by atoms with van der Waals surface area (Å²) in [7, 11) is 3.99. The van der Waals surface area contributed by atoms with Crippen LogP contribution >= 0.6 is 0 Å². The summed E-state index contributed by atoms with van der Waals surface area (Å²) in [5.41, 5.74) is 3.47. The van der Waals surface area contributed by atoms with Crippen molar-refractivity contribution >= 4 is 29.2 Å². The fourth-order valence-corrected chi connectivity index (χ4v) is 3.57. The van der Waals surface area contributed by atoms with Crippen molar-refractivity contribution in [3.63, 3.8) is 0 Å². The number of carbonyl (C=O) groups is 3. The smallest absolute Gasteiger partial charge is 0.256 e. The van der Waals surface area contributed by atoms with Gasteiger partial charge in [-0.3, -0.25) is 19.3 Å². The number of benzene rings is 2. The summed E-state index contributed by atoms with van der Waals surface area (Å²) >= 11 is 0. The first-order valence-electron chi connectivity index (χ1n) is 10.4. The Morgan fingerprint density at radius 3 is 2.12 bits per heavy atom. The fraction of sp³-hybridized carbons (Fsp3) is 0.250. The maximum absolute atomic E-state index is 12.7. The first kappa shape index (κ1) is 21.3. The van der Waals surface area contributed by atoms with Gasteiger partial charge in [-0.25, -0.2) is 4.68 Å². The lowest BCUT2D eigenvalue weighted by molar-refractivity contribution is -0.139. The molecule has 0 unspecified atom stereocenters. The van der Waals surface area contributed by atoms with E-state index < -0.39 is 0 Å². The highest BCUT2D eigenvalue weighted by molar-refractivity contribution is 6.04. The van der Waals surface area contributed by atoms with Gasteiger partial charge in [0.25, 0.3) is 5.91 Å². The summed E-state index contributed by atoms with van der Waals surface area (Å²) in [5, 5.41) is 7.22. The molecule has 32 heavy (non-hydrogen) atoms. The minimum atomic E-state index is -0.255. The van der Waals surface area contributed by atoms with Crippen LogP contribution in [0.5, 0.6) is 0 Å². The van der Waals surface area contributed by atoms with Gasteiger partial charge in [0.2, 0.25) is 11.8 Å². The van der Waals surface area contributed by atoms with E-state index in [-0.39, 0.29) is 37.1 Å². The predicted octanol–water partition coefficient (Wildman–Crippen LogP) is 2.90. The van der Waals surface area contributed by atoms with E-state index >= 15 is 0 Å². The number of nitrogens with zero attached hydrogens (tertiary/aromatic N) is 4. The number of anilines is 2. The van der Waals surface area contributed by atoms with Crippen molar-refractivity contribution in [2.45, 2.75) is 25.9 Å². The van der Waals surface area contributed by atoms with Crippen molar-refractivity contribution in [1.29, 1.82) is 0 Å². The van der Waals surface area contributed by atoms with Crippen molar-refractivity contribution < 1.29 is 14.4 Å². The SMILES string of the molecule is CN(C)c1ccc(Cn2nccc2NC(=O)c2ccc(CN3C(=O)CCC3=O)cc2)cc1. The molecule has 1 aliphatic heterocycles. The predicted molar refractivity (Wildman–Crippen MR) is 121 cm³/mol. The summed E-state index contributed by atoms with van der Waals surface area (Å²) in [4.78, 5) is 39.6. The number of likely N-dealkylation sites (tertiary alicyclic amines) is 1. The first-order valence-corrected chi connectivity index (χ1v) is 10.4. The van der Waals surface area contributed by atoms with Crippen LogP contribution in [0.4, 0.5) is 11.5 Å². The molecule has 0 bridgehead atoms. The molecule has 1 N–H and O–H groups in total. The molecule has 1 saturated heterocycles. The molecule has 3 aromatic rings. The van der Waals surface area contributed by atoms with Crippen LogP contribution in [-0.4, -0.2) is 46.5 Å². The highest BCUT2D eigenvalue weighted by Gasteiger charge is 2.28. The summed E-state index contributed by atoms with van der Waals surface area (Å²) in [6.07, 6.45) is 2.19. The molecule has 1 aliphatic rings. The van der Waals surface area contributed by atoms with Gasteiger partial charge in [0.1, 0.15) is 5.82 Å². The normalized spacial score (nSPS) is 13.5. The zero-order valence-corrected chi connectivity index (χ0v) is 18.1. The number of nitrogens with one attached hydrogen (secondary N) is 1. The van der Waals surface area contributed by atoms with E-state index in [0.29, 0.717) is 17.9 Å². The monoisotopic (exact) mass is 431 g/mol. The van der Waals surface area contributed by atoms with Gasteiger partial charge in [-0.1, -0.05) is 24.3 Å². The van der Waals surface area contributed by atoms with Gasteiger partial charge >= 0.3 is 0 Å². The Labute approximate surface area is 186 Å². The molecule has 0 radical (unpaired) electrons. The van der Waals surface area contributed by atoms with Gasteiger partial charge < -0.3 is 10.2 Å². The first-order chi connectivity index (χ1) is 15.4. The van der Waals surface area contributed by atoms with E-state index in [1.54, 1.807) is 41.2 Å². The third-order valence-corrected chi connectivity index (χ3v) is 5.45. The zero-order valence-electron chi connectivity index (χ0n) is 18.1. The van der Waals surface area contributed by atoms with E-state index in [4.69, 9.17) is 0 Å². The van der Waals surface area contributed by atoms with E-state index in [1.165, 1.54) is 4.90 Å². The van der Waals surface area contributed by atoms with Crippen LogP contribution in [0.25, 0.3) is 0 Å². The molecule has 1 fully saturated rings. The maximum Gasteiger partial charge on any atom is 0.256 e. The van der Waals surface area contributed by atoms with Crippen molar-refractivity contribution in [2.24, 2.45) is 0 Å². The minimum absolute atomic E-state index is 0.151. The second kappa shape index (κ2) is 9.05. The lowest BCUT2D eigenvalue weighted by Gasteiger charge is -2.14. The van der Waals surface area contributed by atoms with Crippen LogP contribution in [0, 0.1) is 0 Å². The summed E-state index contributed by atoms with van der Waals surface area (Å²) < 4.78 is 1.74. The summed E-state index contributed by atoms with van der Waals surface area (Å²) in [6, 6.07) is 16.8. The molecule has 4 rings (SSSR count). The molecule has 0 spiro atoms. The van der Waals surface area contributed by atoms with Crippen LogP contribution in [0.3, 0.4) is 0 Å². The lowest BCUT2D eigenvalue weighted by Crippen LogP contribution is -2.28. The third-order valence-electron chi connectivity index (χ3n) is 5.45. The van der Waals surface area contributed by atoms with Gasteiger partial charge in [-0.15, -0.1) is 0 Å². The Morgan fingerprint density at radius 2 is 1.50 bits per heavy atom. The molecule has 2 heterocycles. The minimum Gasteiger partial charge on any atom is -0.378 e. The van der Waals surface area contributed by atoms with Crippen molar-refractivity contribution in [3.8, 4) is 0 Å². The molecule has 0 atom stereocenters. The topological polar surface area (TPSA) is 87.5 Å². The van der Waals surface area contributed by atoms with Crippen LogP contribution < -0.4 is 10.2 Å². The summed E-state index contributed by atoms with van der Waals surface area (Å²) in [5.74, 6) is 0.0430. The second-order valence-electron chi connectivity index (χ2n) is 7.96. The van der Waals surface area contributed by atoms with E-state index in [2.05, 4.69) is 10.4 Å². The Morgan fingerprint density at radius 1 is 0.906 bits per heavy atom. The molecule has 8 heteroatoms. The molecule has 8 nitrogen and oxygen atoms in total. The largest absolute Gasteiger partial charge is 0.378 e. The van der Waals surface area contributed by atoms with Gasteiger partial charge in [0.15, 0.2) is 0 Å².